The quantitative estimate of drug-likeness (QED) is 0.642. The minimum atomic E-state index is -3.82. The molecule has 0 aliphatic rings. The minimum absolute atomic E-state index is 0.0434. The molecule has 2 aromatic carbocycles. The number of ether oxygens (including phenoxy) is 2. The van der Waals surface area contributed by atoms with Crippen molar-refractivity contribution in [2.24, 2.45) is 0 Å². The van der Waals surface area contributed by atoms with E-state index < -0.39 is 22.0 Å². The van der Waals surface area contributed by atoms with Crippen molar-refractivity contribution in [1.82, 2.24) is 10.0 Å². The van der Waals surface area contributed by atoms with Gasteiger partial charge >= 0.3 is 0 Å². The van der Waals surface area contributed by atoms with Crippen molar-refractivity contribution in [1.29, 1.82) is 0 Å². The summed E-state index contributed by atoms with van der Waals surface area (Å²) in [4.78, 5) is 12.3. The number of halogens is 1. The van der Waals surface area contributed by atoms with E-state index in [-0.39, 0.29) is 4.90 Å². The summed E-state index contributed by atoms with van der Waals surface area (Å²) >= 11 is 5.77. The van der Waals surface area contributed by atoms with Gasteiger partial charge in [0.1, 0.15) is 0 Å². The second-order valence-electron chi connectivity index (χ2n) is 6.03. The first kappa shape index (κ1) is 22.0. The maximum Gasteiger partial charge on any atom is 0.241 e. The van der Waals surface area contributed by atoms with Gasteiger partial charge < -0.3 is 14.8 Å². The van der Waals surface area contributed by atoms with Crippen LogP contribution in [0.4, 0.5) is 0 Å². The van der Waals surface area contributed by atoms with E-state index in [0.717, 1.165) is 5.56 Å². The van der Waals surface area contributed by atoms with E-state index in [2.05, 4.69) is 10.0 Å². The van der Waals surface area contributed by atoms with Crippen LogP contribution < -0.4 is 19.5 Å². The van der Waals surface area contributed by atoms with Crippen molar-refractivity contribution < 1.29 is 22.7 Å². The highest BCUT2D eigenvalue weighted by Crippen LogP contribution is 2.27. The number of hydrogen-bond donors (Lipinski definition) is 2. The predicted octanol–water partition coefficient (Wildman–Crippen LogP) is 2.38. The number of benzene rings is 2. The number of methoxy groups -OCH3 is 2. The number of sulfonamides is 1. The van der Waals surface area contributed by atoms with E-state index in [1.54, 1.807) is 20.3 Å². The maximum absolute atomic E-state index is 12.3. The molecule has 28 heavy (non-hydrogen) atoms. The van der Waals surface area contributed by atoms with E-state index in [1.807, 2.05) is 12.1 Å². The highest BCUT2D eigenvalue weighted by atomic mass is 35.5. The SMILES string of the molecule is COc1ccc(CCNC(=O)[C@H](C)NS(=O)(=O)c2ccc(Cl)cc2)cc1OC. The van der Waals surface area contributed by atoms with Crippen LogP contribution in [-0.2, 0) is 21.2 Å². The molecule has 0 bridgehead atoms. The van der Waals surface area contributed by atoms with Crippen LogP contribution in [0.1, 0.15) is 12.5 Å². The summed E-state index contributed by atoms with van der Waals surface area (Å²) in [6.07, 6.45) is 0.558. The molecule has 0 aliphatic heterocycles. The summed E-state index contributed by atoms with van der Waals surface area (Å²) in [5.41, 5.74) is 0.951. The van der Waals surface area contributed by atoms with Crippen molar-refractivity contribution in [2.75, 3.05) is 20.8 Å². The van der Waals surface area contributed by atoms with Crippen LogP contribution in [0.15, 0.2) is 47.4 Å². The summed E-state index contributed by atoms with van der Waals surface area (Å²) in [7, 11) is -0.702. The zero-order chi connectivity index (χ0) is 20.7. The molecule has 0 heterocycles. The van der Waals surface area contributed by atoms with Crippen LogP contribution in [-0.4, -0.2) is 41.1 Å². The molecule has 0 fully saturated rings. The summed E-state index contributed by atoms with van der Waals surface area (Å²) in [5.74, 6) is 0.814. The lowest BCUT2D eigenvalue weighted by atomic mass is 10.1. The first-order valence-electron chi connectivity index (χ1n) is 8.53. The first-order valence-corrected chi connectivity index (χ1v) is 10.4. The molecule has 7 nitrogen and oxygen atoms in total. The molecule has 0 aromatic heterocycles. The summed E-state index contributed by atoms with van der Waals surface area (Å²) < 4.78 is 37.4. The Hall–Kier alpha value is -2.29. The Kier molecular flexibility index (Phi) is 7.68. The van der Waals surface area contributed by atoms with Crippen LogP contribution >= 0.6 is 11.6 Å². The van der Waals surface area contributed by atoms with Crippen LogP contribution in [0.5, 0.6) is 11.5 Å². The fourth-order valence-electron chi connectivity index (χ4n) is 2.49. The third-order valence-electron chi connectivity index (χ3n) is 4.01. The lowest BCUT2D eigenvalue weighted by Gasteiger charge is -2.15. The van der Waals surface area contributed by atoms with Crippen molar-refractivity contribution in [3.05, 3.63) is 53.1 Å². The second kappa shape index (κ2) is 9.77. The molecule has 0 spiro atoms. The van der Waals surface area contributed by atoms with Gasteiger partial charge in [-0.25, -0.2) is 8.42 Å². The van der Waals surface area contributed by atoms with Gasteiger partial charge in [0.15, 0.2) is 11.5 Å². The average molecular weight is 427 g/mol. The molecule has 1 amide bonds. The average Bonchev–Trinajstić information content (AvgIpc) is 2.67. The molecule has 2 rings (SSSR count). The number of rotatable bonds is 9. The Morgan fingerprint density at radius 1 is 1.07 bits per heavy atom. The molecule has 0 radical (unpaired) electrons. The molecule has 0 saturated carbocycles. The highest BCUT2D eigenvalue weighted by molar-refractivity contribution is 7.89. The molecule has 2 aromatic rings. The van der Waals surface area contributed by atoms with Crippen molar-refractivity contribution in [3.8, 4) is 11.5 Å². The zero-order valence-electron chi connectivity index (χ0n) is 15.9. The molecular formula is C19H23ClN2O5S. The Morgan fingerprint density at radius 2 is 1.71 bits per heavy atom. The molecule has 0 unspecified atom stereocenters. The number of amides is 1. The topological polar surface area (TPSA) is 93.7 Å². The zero-order valence-corrected chi connectivity index (χ0v) is 17.4. The fraction of sp³-hybridized carbons (Fsp3) is 0.316. The molecule has 0 aliphatic carbocycles. The number of carbonyl (C=O) groups is 1. The first-order chi connectivity index (χ1) is 13.3. The Balaban J connectivity index is 1.89. The van der Waals surface area contributed by atoms with Gasteiger partial charge in [-0.05, 0) is 55.3 Å². The third-order valence-corrected chi connectivity index (χ3v) is 5.82. The van der Waals surface area contributed by atoms with Crippen LogP contribution in [0.25, 0.3) is 0 Å². The van der Waals surface area contributed by atoms with E-state index in [9.17, 15) is 13.2 Å². The standard InChI is InChI=1S/C19H23ClN2O5S/c1-13(22-28(24,25)16-7-5-15(20)6-8-16)19(23)21-11-10-14-4-9-17(26-2)18(12-14)27-3/h4-9,12-13,22H,10-11H2,1-3H3,(H,21,23)/t13-/m0/s1. The maximum atomic E-state index is 12.3. The van der Waals surface area contributed by atoms with Crippen molar-refractivity contribution in [3.63, 3.8) is 0 Å². The predicted molar refractivity (Wildman–Crippen MR) is 107 cm³/mol. The van der Waals surface area contributed by atoms with Gasteiger partial charge in [0.2, 0.25) is 15.9 Å². The summed E-state index contributed by atoms with van der Waals surface area (Å²) in [5, 5.41) is 3.15. The van der Waals surface area contributed by atoms with E-state index in [1.165, 1.54) is 31.2 Å². The van der Waals surface area contributed by atoms with E-state index in [4.69, 9.17) is 21.1 Å². The van der Waals surface area contributed by atoms with Gasteiger partial charge in [-0.1, -0.05) is 17.7 Å². The smallest absolute Gasteiger partial charge is 0.241 e. The Bertz CT molecular complexity index is 916. The number of carbonyl (C=O) groups excluding carboxylic acids is 1. The van der Waals surface area contributed by atoms with Crippen molar-refractivity contribution in [2.45, 2.75) is 24.3 Å². The van der Waals surface area contributed by atoms with E-state index in [0.29, 0.717) is 29.5 Å². The lowest BCUT2D eigenvalue weighted by molar-refractivity contribution is -0.122. The van der Waals surface area contributed by atoms with Gasteiger partial charge in [0.05, 0.1) is 25.2 Å². The van der Waals surface area contributed by atoms with Crippen LogP contribution in [0.3, 0.4) is 0 Å². The van der Waals surface area contributed by atoms with Gasteiger partial charge in [0.25, 0.3) is 0 Å². The molecule has 2 N–H and O–H groups in total. The monoisotopic (exact) mass is 426 g/mol. The van der Waals surface area contributed by atoms with Gasteiger partial charge in [-0.2, -0.15) is 4.72 Å². The molecular weight excluding hydrogens is 404 g/mol. The normalized spacial score (nSPS) is 12.3. The fourth-order valence-corrected chi connectivity index (χ4v) is 3.82. The van der Waals surface area contributed by atoms with Gasteiger partial charge in [-0.3, -0.25) is 4.79 Å². The number of nitrogens with one attached hydrogen (secondary N) is 2. The van der Waals surface area contributed by atoms with Crippen molar-refractivity contribution >= 4 is 27.5 Å². The van der Waals surface area contributed by atoms with E-state index >= 15 is 0 Å². The minimum Gasteiger partial charge on any atom is -0.493 e. The summed E-state index contributed by atoms with van der Waals surface area (Å²) in [6, 6.07) is 10.3. The molecule has 1 atom stereocenters. The highest BCUT2D eigenvalue weighted by Gasteiger charge is 2.21. The Labute approximate surface area is 170 Å². The van der Waals surface area contributed by atoms with Crippen LogP contribution in [0, 0.1) is 0 Å². The summed E-state index contributed by atoms with van der Waals surface area (Å²) in [6.45, 7) is 1.83. The third kappa shape index (κ3) is 5.85. The largest absolute Gasteiger partial charge is 0.493 e. The lowest BCUT2D eigenvalue weighted by Crippen LogP contribution is -2.45. The molecule has 152 valence electrons. The van der Waals surface area contributed by atoms with Gasteiger partial charge in [0, 0.05) is 11.6 Å². The Morgan fingerprint density at radius 3 is 2.32 bits per heavy atom. The van der Waals surface area contributed by atoms with Gasteiger partial charge in [-0.15, -0.1) is 0 Å². The molecule has 0 saturated heterocycles. The second-order valence-corrected chi connectivity index (χ2v) is 8.18. The van der Waals surface area contributed by atoms with Crippen LogP contribution in [0.2, 0.25) is 5.02 Å². The molecule has 9 heteroatoms. The number of hydrogen-bond acceptors (Lipinski definition) is 5.